The lowest BCUT2D eigenvalue weighted by Gasteiger charge is -2.06. The molecular weight excluding hydrogens is 204 g/mol. The highest BCUT2D eigenvalue weighted by molar-refractivity contribution is 5.51. The highest BCUT2D eigenvalue weighted by Crippen LogP contribution is 2.20. The van der Waals surface area contributed by atoms with E-state index in [1.807, 2.05) is 19.1 Å². The van der Waals surface area contributed by atoms with Gasteiger partial charge in [0.25, 0.3) is 0 Å². The van der Waals surface area contributed by atoms with E-state index < -0.39 is 0 Å². The van der Waals surface area contributed by atoms with Crippen LogP contribution in [-0.2, 0) is 0 Å². The lowest BCUT2D eigenvalue weighted by Crippen LogP contribution is -2.02. The average Bonchev–Trinajstić information content (AvgIpc) is 2.29. The summed E-state index contributed by atoms with van der Waals surface area (Å²) in [6, 6.07) is 1.36. The molecule has 0 aliphatic rings. The van der Waals surface area contributed by atoms with Crippen LogP contribution in [0.15, 0.2) is 21.4 Å². The van der Waals surface area contributed by atoms with Crippen molar-refractivity contribution in [2.24, 2.45) is 5.92 Å². The van der Waals surface area contributed by atoms with Crippen molar-refractivity contribution >= 4 is 6.08 Å². The highest BCUT2D eigenvalue weighted by Gasteiger charge is 2.06. The minimum absolute atomic E-state index is 0.383. The van der Waals surface area contributed by atoms with E-state index in [9.17, 15) is 4.79 Å². The molecule has 0 aliphatic carbocycles. The molecule has 0 N–H and O–H groups in total. The summed E-state index contributed by atoms with van der Waals surface area (Å²) in [6.45, 7) is 6.10. The van der Waals surface area contributed by atoms with Crippen LogP contribution in [0.1, 0.15) is 31.6 Å². The molecule has 3 heteroatoms. The maximum atomic E-state index is 11.3. The van der Waals surface area contributed by atoms with Crippen molar-refractivity contribution in [1.82, 2.24) is 0 Å². The van der Waals surface area contributed by atoms with Gasteiger partial charge in [0.15, 0.2) is 0 Å². The number of hydrogen-bond donors (Lipinski definition) is 0. The van der Waals surface area contributed by atoms with E-state index in [2.05, 4.69) is 13.8 Å². The molecule has 0 radical (unpaired) electrons. The Labute approximate surface area is 95.7 Å². The van der Waals surface area contributed by atoms with Gasteiger partial charge in [-0.1, -0.05) is 26.3 Å². The Morgan fingerprint density at radius 1 is 1.56 bits per heavy atom. The van der Waals surface area contributed by atoms with E-state index in [0.29, 0.717) is 17.4 Å². The second kappa shape index (κ2) is 5.54. The van der Waals surface area contributed by atoms with Crippen molar-refractivity contribution in [2.45, 2.75) is 27.2 Å². The van der Waals surface area contributed by atoms with Crippen LogP contribution in [0.4, 0.5) is 0 Å². The third kappa shape index (κ3) is 2.99. The van der Waals surface area contributed by atoms with Crippen LogP contribution in [0.3, 0.4) is 0 Å². The number of methoxy groups -OCH3 is 1. The monoisotopic (exact) mass is 222 g/mol. The van der Waals surface area contributed by atoms with Gasteiger partial charge in [0.2, 0.25) is 0 Å². The Kier molecular flexibility index (Phi) is 4.35. The Morgan fingerprint density at radius 3 is 2.81 bits per heavy atom. The van der Waals surface area contributed by atoms with Gasteiger partial charge in [0, 0.05) is 5.56 Å². The van der Waals surface area contributed by atoms with Gasteiger partial charge in [0.1, 0.15) is 11.5 Å². The first-order chi connectivity index (χ1) is 7.58. The predicted octanol–water partition coefficient (Wildman–Crippen LogP) is 3.02. The van der Waals surface area contributed by atoms with E-state index in [0.717, 1.165) is 12.0 Å². The van der Waals surface area contributed by atoms with Crippen molar-refractivity contribution in [3.63, 3.8) is 0 Å². The van der Waals surface area contributed by atoms with Crippen LogP contribution in [0.25, 0.3) is 6.08 Å². The van der Waals surface area contributed by atoms with Crippen LogP contribution in [-0.4, -0.2) is 7.11 Å². The number of rotatable bonds is 4. The molecule has 0 saturated heterocycles. The summed E-state index contributed by atoms with van der Waals surface area (Å²) < 4.78 is 10.2. The van der Waals surface area contributed by atoms with Crippen molar-refractivity contribution in [3.05, 3.63) is 33.9 Å². The Balaban J connectivity index is 3.09. The second-order valence-electron chi connectivity index (χ2n) is 3.87. The quantitative estimate of drug-likeness (QED) is 0.786. The normalized spacial score (nSPS) is 13.0. The molecule has 3 nitrogen and oxygen atoms in total. The molecule has 0 aliphatic heterocycles. The smallest absolute Gasteiger partial charge is 0.339 e. The summed E-state index contributed by atoms with van der Waals surface area (Å²) >= 11 is 0. The molecule has 0 saturated carbocycles. The van der Waals surface area contributed by atoms with Crippen LogP contribution < -0.4 is 10.4 Å². The van der Waals surface area contributed by atoms with E-state index in [1.54, 1.807) is 7.11 Å². The van der Waals surface area contributed by atoms with Gasteiger partial charge < -0.3 is 9.15 Å². The molecule has 88 valence electrons. The lowest BCUT2D eigenvalue weighted by atomic mass is 10.1. The third-order valence-electron chi connectivity index (χ3n) is 2.64. The molecule has 0 bridgehead atoms. The fraction of sp³-hybridized carbons (Fsp3) is 0.462. The van der Waals surface area contributed by atoms with Crippen molar-refractivity contribution < 1.29 is 9.15 Å². The Hall–Kier alpha value is -1.51. The standard InChI is InChI=1S/C13H18O3/c1-5-9(2)6-7-11-10(3)12(15-4)8-13(14)16-11/h6-9H,5H2,1-4H3/t9-/m1/s1. The first-order valence-corrected chi connectivity index (χ1v) is 5.45. The van der Waals surface area contributed by atoms with E-state index >= 15 is 0 Å². The molecule has 0 unspecified atom stereocenters. The minimum Gasteiger partial charge on any atom is -0.496 e. The molecule has 0 fully saturated rings. The van der Waals surface area contributed by atoms with E-state index in [1.165, 1.54) is 6.07 Å². The Morgan fingerprint density at radius 2 is 2.25 bits per heavy atom. The second-order valence-corrected chi connectivity index (χ2v) is 3.87. The van der Waals surface area contributed by atoms with Crippen molar-refractivity contribution in [3.8, 4) is 5.75 Å². The molecule has 1 atom stereocenters. The fourth-order valence-electron chi connectivity index (χ4n) is 1.31. The molecule has 0 amide bonds. The highest BCUT2D eigenvalue weighted by atomic mass is 16.5. The average molecular weight is 222 g/mol. The molecule has 1 aromatic rings. The maximum Gasteiger partial charge on any atom is 0.339 e. The first-order valence-electron chi connectivity index (χ1n) is 5.45. The van der Waals surface area contributed by atoms with Gasteiger partial charge in [-0.05, 0) is 18.9 Å². The van der Waals surface area contributed by atoms with Crippen LogP contribution in [0, 0.1) is 12.8 Å². The molecule has 1 rings (SSSR count). The summed E-state index contributed by atoms with van der Waals surface area (Å²) in [7, 11) is 1.55. The van der Waals surface area contributed by atoms with E-state index in [4.69, 9.17) is 9.15 Å². The Bertz CT molecular complexity index is 429. The van der Waals surface area contributed by atoms with Gasteiger partial charge in [-0.2, -0.15) is 0 Å². The van der Waals surface area contributed by atoms with Crippen molar-refractivity contribution in [1.29, 1.82) is 0 Å². The number of hydrogen-bond acceptors (Lipinski definition) is 3. The number of allylic oxidation sites excluding steroid dienone is 1. The lowest BCUT2D eigenvalue weighted by molar-refractivity contribution is 0.395. The van der Waals surface area contributed by atoms with Gasteiger partial charge in [-0.25, -0.2) is 4.79 Å². The minimum atomic E-state index is -0.383. The van der Waals surface area contributed by atoms with Gasteiger partial charge >= 0.3 is 5.63 Å². The van der Waals surface area contributed by atoms with E-state index in [-0.39, 0.29) is 5.63 Å². The van der Waals surface area contributed by atoms with Gasteiger partial charge in [0.05, 0.1) is 13.2 Å². The molecule has 0 aromatic carbocycles. The zero-order chi connectivity index (χ0) is 12.1. The molecule has 0 spiro atoms. The SMILES string of the molecule is CC[C@@H](C)C=Cc1oc(=O)cc(OC)c1C. The van der Waals surface area contributed by atoms with Crippen LogP contribution >= 0.6 is 0 Å². The molecule has 16 heavy (non-hydrogen) atoms. The number of ether oxygens (including phenoxy) is 1. The summed E-state index contributed by atoms with van der Waals surface area (Å²) in [5.74, 6) is 1.61. The zero-order valence-electron chi connectivity index (χ0n) is 10.2. The summed E-state index contributed by atoms with van der Waals surface area (Å²) in [5, 5.41) is 0. The fourth-order valence-corrected chi connectivity index (χ4v) is 1.31. The van der Waals surface area contributed by atoms with Gasteiger partial charge in [-0.15, -0.1) is 0 Å². The third-order valence-corrected chi connectivity index (χ3v) is 2.64. The van der Waals surface area contributed by atoms with Crippen LogP contribution in [0.5, 0.6) is 5.75 Å². The predicted molar refractivity (Wildman–Crippen MR) is 64.8 cm³/mol. The summed E-state index contributed by atoms with van der Waals surface area (Å²) in [5.41, 5.74) is 0.466. The largest absolute Gasteiger partial charge is 0.496 e. The first kappa shape index (κ1) is 12.6. The van der Waals surface area contributed by atoms with Crippen LogP contribution in [0.2, 0.25) is 0 Å². The topological polar surface area (TPSA) is 39.4 Å². The molecule has 1 heterocycles. The zero-order valence-corrected chi connectivity index (χ0v) is 10.2. The molecule has 1 aromatic heterocycles. The molecular formula is C13H18O3. The summed E-state index contributed by atoms with van der Waals surface area (Å²) in [4.78, 5) is 11.3. The maximum absolute atomic E-state index is 11.3. The van der Waals surface area contributed by atoms with Crippen molar-refractivity contribution in [2.75, 3.05) is 7.11 Å². The summed E-state index contributed by atoms with van der Waals surface area (Å²) in [6.07, 6.45) is 4.93. The van der Waals surface area contributed by atoms with Gasteiger partial charge in [-0.3, -0.25) is 0 Å².